The minimum absolute atomic E-state index is 0.251. The van der Waals surface area contributed by atoms with Crippen molar-refractivity contribution in [1.82, 2.24) is 4.90 Å². The number of rotatable bonds is 4. The van der Waals surface area contributed by atoms with E-state index in [1.807, 2.05) is 42.5 Å². The van der Waals surface area contributed by atoms with Gasteiger partial charge in [-0.2, -0.15) is 0 Å². The van der Waals surface area contributed by atoms with Crippen molar-refractivity contribution in [1.29, 1.82) is 0 Å². The van der Waals surface area contributed by atoms with Crippen molar-refractivity contribution in [3.63, 3.8) is 0 Å². The Labute approximate surface area is 191 Å². The van der Waals surface area contributed by atoms with Crippen LogP contribution in [0.15, 0.2) is 60.7 Å². The van der Waals surface area contributed by atoms with Crippen LogP contribution in [0, 0.1) is 0 Å². The molecule has 160 valence electrons. The number of urea groups is 1. The van der Waals surface area contributed by atoms with Crippen LogP contribution in [0.5, 0.6) is 11.5 Å². The second kappa shape index (κ2) is 9.08. The zero-order chi connectivity index (χ0) is 22.0. The molecule has 0 aliphatic carbocycles. The molecular weight excluding hydrogens is 435 g/mol. The molecule has 4 rings (SSSR count). The second-order valence-corrected chi connectivity index (χ2v) is 8.06. The topological polar surface area (TPSA) is 50.8 Å². The van der Waals surface area contributed by atoms with E-state index in [0.717, 1.165) is 16.7 Å². The summed E-state index contributed by atoms with van der Waals surface area (Å²) in [6.45, 7) is 0.534. The number of nitrogens with zero attached hydrogens (tertiary/aromatic N) is 1. The Morgan fingerprint density at radius 3 is 2.42 bits per heavy atom. The van der Waals surface area contributed by atoms with Crippen LogP contribution in [0.2, 0.25) is 10.0 Å². The molecule has 0 saturated heterocycles. The molecule has 0 bridgehead atoms. The minimum atomic E-state index is -0.289. The molecule has 1 heterocycles. The van der Waals surface area contributed by atoms with Crippen LogP contribution >= 0.6 is 23.2 Å². The molecule has 0 aromatic heterocycles. The van der Waals surface area contributed by atoms with Gasteiger partial charge >= 0.3 is 6.03 Å². The first kappa shape index (κ1) is 21.3. The lowest BCUT2D eigenvalue weighted by Crippen LogP contribution is -2.43. The van der Waals surface area contributed by atoms with Gasteiger partial charge in [-0.1, -0.05) is 53.5 Å². The average Bonchev–Trinajstić information content (AvgIpc) is 2.80. The summed E-state index contributed by atoms with van der Waals surface area (Å²) in [5.74, 6) is 1.30. The van der Waals surface area contributed by atoms with Crippen LogP contribution in [-0.4, -0.2) is 31.7 Å². The maximum absolute atomic E-state index is 13.4. The van der Waals surface area contributed by atoms with Gasteiger partial charge in [0, 0.05) is 11.6 Å². The van der Waals surface area contributed by atoms with E-state index in [-0.39, 0.29) is 12.1 Å². The molecular formula is C24H22Cl2N2O3. The van der Waals surface area contributed by atoms with E-state index in [4.69, 9.17) is 32.7 Å². The molecule has 3 aromatic rings. The standard InChI is InChI=1S/C24H22Cl2N2O3/c1-30-21-12-16-10-11-28(24(29)27-20-13-17(25)8-9-19(20)26)23(15-6-4-3-5-7-15)18(16)14-22(21)31-2/h3-9,12-14,23H,10-11H2,1-2H3,(H,27,29). The van der Waals surface area contributed by atoms with Crippen LogP contribution in [-0.2, 0) is 6.42 Å². The normalized spacial score (nSPS) is 15.2. The van der Waals surface area contributed by atoms with Gasteiger partial charge < -0.3 is 19.7 Å². The van der Waals surface area contributed by atoms with Gasteiger partial charge in [-0.25, -0.2) is 4.79 Å². The highest BCUT2D eigenvalue weighted by Gasteiger charge is 2.33. The van der Waals surface area contributed by atoms with Gasteiger partial charge in [0.15, 0.2) is 11.5 Å². The van der Waals surface area contributed by atoms with Gasteiger partial charge in [0.2, 0.25) is 0 Å². The number of halogens is 2. The van der Waals surface area contributed by atoms with Crippen molar-refractivity contribution in [2.75, 3.05) is 26.1 Å². The van der Waals surface area contributed by atoms with Crippen molar-refractivity contribution in [2.45, 2.75) is 12.5 Å². The van der Waals surface area contributed by atoms with Crippen LogP contribution in [0.3, 0.4) is 0 Å². The Kier molecular flexibility index (Phi) is 6.25. The van der Waals surface area contributed by atoms with E-state index in [9.17, 15) is 4.79 Å². The lowest BCUT2D eigenvalue weighted by atomic mass is 9.88. The highest BCUT2D eigenvalue weighted by Crippen LogP contribution is 2.41. The predicted molar refractivity (Wildman–Crippen MR) is 124 cm³/mol. The molecule has 3 aromatic carbocycles. The lowest BCUT2D eigenvalue weighted by Gasteiger charge is -2.38. The molecule has 0 saturated carbocycles. The van der Waals surface area contributed by atoms with Crippen LogP contribution in [0.25, 0.3) is 0 Å². The summed E-state index contributed by atoms with van der Waals surface area (Å²) in [4.78, 5) is 15.2. The van der Waals surface area contributed by atoms with Gasteiger partial charge in [0.25, 0.3) is 0 Å². The SMILES string of the molecule is COc1cc2c(cc1OC)C(c1ccccc1)N(C(=O)Nc1cc(Cl)ccc1Cl)CC2. The number of amides is 2. The zero-order valence-corrected chi connectivity index (χ0v) is 18.7. The quantitative estimate of drug-likeness (QED) is 0.508. The van der Waals surface area contributed by atoms with Crippen LogP contribution < -0.4 is 14.8 Å². The smallest absolute Gasteiger partial charge is 0.322 e. The fourth-order valence-corrected chi connectivity index (χ4v) is 4.28. The van der Waals surface area contributed by atoms with Crippen molar-refractivity contribution < 1.29 is 14.3 Å². The number of hydrogen-bond acceptors (Lipinski definition) is 3. The van der Waals surface area contributed by atoms with E-state index in [0.29, 0.717) is 40.2 Å². The number of hydrogen-bond donors (Lipinski definition) is 1. The maximum Gasteiger partial charge on any atom is 0.322 e. The van der Waals surface area contributed by atoms with Crippen molar-refractivity contribution in [2.24, 2.45) is 0 Å². The van der Waals surface area contributed by atoms with Crippen molar-refractivity contribution >= 4 is 34.9 Å². The van der Waals surface area contributed by atoms with Gasteiger partial charge in [-0.3, -0.25) is 0 Å². The molecule has 0 fully saturated rings. The molecule has 5 nitrogen and oxygen atoms in total. The number of carbonyl (C=O) groups excluding carboxylic acids is 1. The summed E-state index contributed by atoms with van der Waals surface area (Å²) in [5, 5.41) is 3.85. The summed E-state index contributed by atoms with van der Waals surface area (Å²) in [6, 6.07) is 18.3. The minimum Gasteiger partial charge on any atom is -0.493 e. The molecule has 7 heteroatoms. The molecule has 1 atom stereocenters. The van der Waals surface area contributed by atoms with E-state index in [1.165, 1.54) is 0 Å². The van der Waals surface area contributed by atoms with Gasteiger partial charge in [-0.15, -0.1) is 0 Å². The maximum atomic E-state index is 13.4. The second-order valence-electron chi connectivity index (χ2n) is 7.22. The molecule has 1 N–H and O–H groups in total. The number of ether oxygens (including phenoxy) is 2. The number of fused-ring (bicyclic) bond motifs is 1. The fourth-order valence-electron chi connectivity index (χ4n) is 3.94. The van der Waals surface area contributed by atoms with E-state index >= 15 is 0 Å². The van der Waals surface area contributed by atoms with Crippen LogP contribution in [0.4, 0.5) is 10.5 Å². The molecule has 31 heavy (non-hydrogen) atoms. The fraction of sp³-hybridized carbons (Fsp3) is 0.208. The molecule has 1 aliphatic heterocycles. The Balaban J connectivity index is 1.76. The lowest BCUT2D eigenvalue weighted by molar-refractivity contribution is 0.193. The Hall–Kier alpha value is -2.89. The summed E-state index contributed by atoms with van der Waals surface area (Å²) < 4.78 is 11.0. The third kappa shape index (κ3) is 4.29. The van der Waals surface area contributed by atoms with Crippen molar-refractivity contribution in [3.8, 4) is 11.5 Å². The largest absolute Gasteiger partial charge is 0.493 e. The molecule has 1 aliphatic rings. The van der Waals surface area contributed by atoms with E-state index in [2.05, 4.69) is 5.32 Å². The Bertz CT molecular complexity index is 1110. The van der Waals surface area contributed by atoms with Crippen molar-refractivity contribution in [3.05, 3.63) is 87.4 Å². The Morgan fingerprint density at radius 2 is 1.71 bits per heavy atom. The molecule has 0 spiro atoms. The summed E-state index contributed by atoms with van der Waals surface area (Å²) >= 11 is 12.4. The summed E-state index contributed by atoms with van der Waals surface area (Å²) in [6.07, 6.45) is 0.690. The number of methoxy groups -OCH3 is 2. The molecule has 0 radical (unpaired) electrons. The zero-order valence-electron chi connectivity index (χ0n) is 17.2. The molecule has 1 unspecified atom stereocenters. The van der Waals surface area contributed by atoms with Gasteiger partial charge in [0.1, 0.15) is 0 Å². The predicted octanol–water partition coefficient (Wildman–Crippen LogP) is 6.19. The highest BCUT2D eigenvalue weighted by molar-refractivity contribution is 6.35. The van der Waals surface area contributed by atoms with Crippen LogP contribution in [0.1, 0.15) is 22.7 Å². The third-order valence-electron chi connectivity index (χ3n) is 5.42. The number of benzene rings is 3. The first-order valence-electron chi connectivity index (χ1n) is 9.84. The first-order valence-corrected chi connectivity index (χ1v) is 10.6. The van der Waals surface area contributed by atoms with Gasteiger partial charge in [0.05, 0.1) is 31.0 Å². The number of carbonyl (C=O) groups is 1. The van der Waals surface area contributed by atoms with Gasteiger partial charge in [-0.05, 0) is 53.4 Å². The third-order valence-corrected chi connectivity index (χ3v) is 5.98. The number of anilines is 1. The van der Waals surface area contributed by atoms with E-state index < -0.39 is 0 Å². The van der Waals surface area contributed by atoms with E-state index in [1.54, 1.807) is 37.3 Å². The average molecular weight is 457 g/mol. The monoisotopic (exact) mass is 456 g/mol. The summed E-state index contributed by atoms with van der Waals surface area (Å²) in [7, 11) is 3.23. The summed E-state index contributed by atoms with van der Waals surface area (Å²) in [5.41, 5.74) is 3.60. The molecule has 2 amide bonds. The highest BCUT2D eigenvalue weighted by atomic mass is 35.5. The number of nitrogens with one attached hydrogen (secondary N) is 1. The first-order chi connectivity index (χ1) is 15.0. The Morgan fingerprint density at radius 1 is 1.00 bits per heavy atom.